The molecule has 0 radical (unpaired) electrons. The van der Waals surface area contributed by atoms with E-state index in [1.807, 2.05) is 29.1 Å². The van der Waals surface area contributed by atoms with Crippen LogP contribution in [0.4, 0.5) is 0 Å². The molecule has 0 saturated carbocycles. The van der Waals surface area contributed by atoms with Crippen LogP contribution in [0.15, 0.2) is 48.8 Å². The molecule has 0 aliphatic carbocycles. The number of hydrogen-bond donors (Lipinski definition) is 0. The Labute approximate surface area is 143 Å². The second kappa shape index (κ2) is 6.05. The molecule has 1 aliphatic rings. The van der Waals surface area contributed by atoms with Crippen LogP contribution in [0, 0.1) is 11.3 Å². The average Bonchev–Trinajstić information content (AvgIpc) is 2.77. The quantitative estimate of drug-likeness (QED) is 0.494. The fourth-order valence-corrected chi connectivity index (χ4v) is 2.61. The van der Waals surface area contributed by atoms with E-state index in [1.54, 1.807) is 0 Å². The fraction of sp³-hybridized carbons (Fsp3) is 0.368. The highest BCUT2D eigenvalue weighted by atomic mass is 16.7. The maximum atomic E-state index is 8.84. The molecule has 5 heteroatoms. The molecule has 122 valence electrons. The third kappa shape index (κ3) is 3.21. The molecule has 1 aromatic heterocycles. The van der Waals surface area contributed by atoms with Gasteiger partial charge in [0.2, 0.25) is 0 Å². The van der Waals surface area contributed by atoms with Crippen LogP contribution >= 0.6 is 0 Å². The zero-order chi connectivity index (χ0) is 17.4. The maximum Gasteiger partial charge on any atom is 0.494 e. The normalized spacial score (nSPS) is 18.4. The summed E-state index contributed by atoms with van der Waals surface area (Å²) in [6.07, 6.45) is 3.83. The summed E-state index contributed by atoms with van der Waals surface area (Å²) in [4.78, 5) is 0. The molecular weight excluding hydrogens is 300 g/mol. The summed E-state index contributed by atoms with van der Waals surface area (Å²) in [5, 5.41) is 8.84. The van der Waals surface area contributed by atoms with Crippen LogP contribution in [0.1, 0.15) is 38.8 Å². The maximum absolute atomic E-state index is 8.84. The molecule has 0 bridgehead atoms. The zero-order valence-corrected chi connectivity index (χ0v) is 14.6. The highest BCUT2D eigenvalue weighted by Gasteiger charge is 2.51. The van der Waals surface area contributed by atoms with Crippen LogP contribution < -0.4 is 10.0 Å². The molecule has 2 heterocycles. The van der Waals surface area contributed by atoms with Crippen LogP contribution in [0.3, 0.4) is 0 Å². The standard InChI is InChI=1S/C19H22BN2O2/c1-18(2)19(3,4)24-20(23-18)17-7-5-16(6-8-17)14-22-11-9-15(13-21)10-12-22/h5-12H,14H2,1-4H3/q+1/i21+1. The van der Waals surface area contributed by atoms with Gasteiger partial charge in [0.1, 0.15) is 0 Å². The molecule has 4 nitrogen and oxygen atoms in total. The van der Waals surface area contributed by atoms with E-state index in [-0.39, 0.29) is 18.3 Å². The van der Waals surface area contributed by atoms with Gasteiger partial charge >= 0.3 is 7.12 Å². The lowest BCUT2D eigenvalue weighted by Gasteiger charge is -2.32. The van der Waals surface area contributed by atoms with Crippen molar-refractivity contribution in [2.75, 3.05) is 0 Å². The van der Waals surface area contributed by atoms with E-state index in [0.29, 0.717) is 5.56 Å². The summed E-state index contributed by atoms with van der Waals surface area (Å²) in [5.41, 5.74) is 2.23. The Bertz CT molecular complexity index is 745. The largest absolute Gasteiger partial charge is 0.494 e. The molecule has 24 heavy (non-hydrogen) atoms. The van der Waals surface area contributed by atoms with Crippen molar-refractivity contribution < 1.29 is 13.9 Å². The van der Waals surface area contributed by atoms with Gasteiger partial charge in [-0.3, -0.25) is 0 Å². The summed E-state index contributed by atoms with van der Waals surface area (Å²) < 4.78 is 14.2. The molecule has 0 N–H and O–H groups in total. The van der Waals surface area contributed by atoms with Gasteiger partial charge in [0, 0.05) is 17.7 Å². The highest BCUT2D eigenvalue weighted by molar-refractivity contribution is 6.62. The minimum Gasteiger partial charge on any atom is -0.399 e. The van der Waals surface area contributed by atoms with E-state index in [2.05, 4.69) is 58.0 Å². The first-order valence-corrected chi connectivity index (χ1v) is 8.14. The van der Waals surface area contributed by atoms with E-state index in [4.69, 9.17) is 14.6 Å². The number of pyridine rings is 1. The second-order valence-corrected chi connectivity index (χ2v) is 7.20. The summed E-state index contributed by atoms with van der Waals surface area (Å²) in [6.45, 7) is 8.99. The molecule has 0 unspecified atom stereocenters. The minimum absolute atomic E-state index is 0.325. The van der Waals surface area contributed by atoms with Crippen LogP contribution in [0.5, 0.6) is 0 Å². The Morgan fingerprint density at radius 3 is 2.00 bits per heavy atom. The molecule has 1 saturated heterocycles. The lowest BCUT2D eigenvalue weighted by molar-refractivity contribution is -0.688. The Kier molecular flexibility index (Phi) is 4.21. The van der Waals surface area contributed by atoms with Crippen LogP contribution in [-0.2, 0) is 15.9 Å². The van der Waals surface area contributed by atoms with E-state index >= 15 is 0 Å². The second-order valence-electron chi connectivity index (χ2n) is 7.20. The van der Waals surface area contributed by atoms with Crippen molar-refractivity contribution in [1.82, 2.24) is 0 Å². The van der Waals surface area contributed by atoms with Crippen molar-refractivity contribution >= 4 is 12.6 Å². The predicted molar refractivity (Wildman–Crippen MR) is 92.6 cm³/mol. The third-order valence-electron chi connectivity index (χ3n) is 4.89. The van der Waals surface area contributed by atoms with Gasteiger partial charge in [0.05, 0.1) is 22.8 Å². The monoisotopic (exact) mass is 322 g/mol. The number of benzene rings is 1. The lowest BCUT2D eigenvalue weighted by Crippen LogP contribution is -2.41. The lowest BCUT2D eigenvalue weighted by atomic mass is 9.79. The van der Waals surface area contributed by atoms with Gasteiger partial charge in [-0.05, 0) is 33.2 Å². The number of aromatic nitrogens is 1. The fourth-order valence-electron chi connectivity index (χ4n) is 2.61. The first kappa shape index (κ1) is 16.7. The highest BCUT2D eigenvalue weighted by Crippen LogP contribution is 2.36. The van der Waals surface area contributed by atoms with Crippen molar-refractivity contribution in [3.8, 4) is 6.07 Å². The Morgan fingerprint density at radius 1 is 0.958 bits per heavy atom. The van der Waals surface area contributed by atoms with Gasteiger partial charge in [0.25, 0.3) is 0 Å². The van der Waals surface area contributed by atoms with E-state index in [1.165, 1.54) is 5.56 Å². The number of nitriles is 1. The first-order valence-electron chi connectivity index (χ1n) is 8.14. The molecule has 2 aromatic rings. The van der Waals surface area contributed by atoms with Gasteiger partial charge in [-0.2, -0.15) is 5.26 Å². The van der Waals surface area contributed by atoms with Gasteiger partial charge in [0.15, 0.2) is 18.9 Å². The van der Waals surface area contributed by atoms with Gasteiger partial charge in [-0.25, -0.2) is 4.57 Å². The Morgan fingerprint density at radius 2 is 1.50 bits per heavy atom. The van der Waals surface area contributed by atoms with Crippen LogP contribution in [0.25, 0.3) is 0 Å². The van der Waals surface area contributed by atoms with E-state index < -0.39 is 0 Å². The summed E-state index contributed by atoms with van der Waals surface area (Å²) in [7, 11) is -0.327. The van der Waals surface area contributed by atoms with Crippen molar-refractivity contribution in [2.24, 2.45) is 0 Å². The topological polar surface area (TPSA) is 46.1 Å². The summed E-state index contributed by atoms with van der Waals surface area (Å²) in [5.74, 6) is 0. The summed E-state index contributed by atoms with van der Waals surface area (Å²) >= 11 is 0. The molecule has 1 aromatic carbocycles. The molecule has 3 rings (SSSR count). The Hall–Kier alpha value is -2.16. The minimum atomic E-state index is -0.327. The molecule has 1 aliphatic heterocycles. The zero-order valence-electron chi connectivity index (χ0n) is 14.6. The van der Waals surface area contributed by atoms with E-state index in [0.717, 1.165) is 12.0 Å². The van der Waals surface area contributed by atoms with Crippen molar-refractivity contribution in [2.45, 2.75) is 45.4 Å². The third-order valence-corrected chi connectivity index (χ3v) is 4.89. The average molecular weight is 322 g/mol. The van der Waals surface area contributed by atoms with Gasteiger partial charge in [-0.15, -0.1) is 0 Å². The van der Waals surface area contributed by atoms with Gasteiger partial charge < -0.3 is 9.31 Å². The molecule has 0 amide bonds. The van der Waals surface area contributed by atoms with Gasteiger partial charge in [-0.1, -0.05) is 24.3 Å². The molecule has 0 spiro atoms. The van der Waals surface area contributed by atoms with Crippen LogP contribution in [0.2, 0.25) is 0 Å². The predicted octanol–water partition coefficient (Wildman–Crippen LogP) is 2.19. The number of hydrogen-bond acceptors (Lipinski definition) is 3. The van der Waals surface area contributed by atoms with Crippen molar-refractivity contribution in [1.29, 1.82) is 5.26 Å². The molecule has 0 atom stereocenters. The number of nitrogens with zero attached hydrogens (tertiary/aromatic N) is 2. The van der Waals surface area contributed by atoms with Crippen molar-refractivity contribution in [3.05, 3.63) is 59.9 Å². The SMILES string of the molecule is CC1(C)OB(c2ccc(C[n+]3ccc(C#[15N])cc3)cc2)OC1(C)C. The number of rotatable bonds is 3. The Balaban J connectivity index is 1.71. The molecular formula is C19H22BN2O2+. The summed E-state index contributed by atoms with van der Waals surface area (Å²) in [6, 6.07) is 14.1. The smallest absolute Gasteiger partial charge is 0.399 e. The van der Waals surface area contributed by atoms with Crippen LogP contribution in [-0.4, -0.2) is 18.3 Å². The first-order chi connectivity index (χ1) is 11.3. The molecule has 1 fully saturated rings. The van der Waals surface area contributed by atoms with E-state index in [9.17, 15) is 0 Å². The van der Waals surface area contributed by atoms with Crippen molar-refractivity contribution in [3.63, 3.8) is 0 Å².